The Kier molecular flexibility index (Phi) is 1.44. The van der Waals surface area contributed by atoms with Gasteiger partial charge in [0.2, 0.25) is 0 Å². The van der Waals surface area contributed by atoms with Crippen LogP contribution in [0.2, 0.25) is 0 Å². The Bertz CT molecular complexity index is 190. The Balaban J connectivity index is 3.00. The molecular weight excluding hydrogens is 118 g/mol. The van der Waals surface area contributed by atoms with Crippen LogP contribution in [0.4, 0.5) is 0 Å². The molecule has 0 aliphatic heterocycles. The van der Waals surface area contributed by atoms with Crippen LogP contribution in [0.25, 0.3) is 6.08 Å². The van der Waals surface area contributed by atoms with Crippen LogP contribution in [0.1, 0.15) is 9.88 Å². The lowest BCUT2D eigenvalue weighted by Crippen LogP contribution is -1.58. The van der Waals surface area contributed by atoms with E-state index in [0.717, 1.165) is 5.01 Å². The summed E-state index contributed by atoms with van der Waals surface area (Å²) in [6.45, 7) is 5.62. The van der Waals surface area contributed by atoms with E-state index in [2.05, 4.69) is 11.6 Å². The molecule has 0 spiro atoms. The highest BCUT2D eigenvalue weighted by atomic mass is 32.1. The predicted molar refractivity (Wildman–Crippen MR) is 36.9 cm³/mol. The number of hydrogen-bond donors (Lipinski definition) is 0. The van der Waals surface area contributed by atoms with Crippen molar-refractivity contribution in [1.29, 1.82) is 0 Å². The van der Waals surface area contributed by atoms with Gasteiger partial charge in [0.15, 0.2) is 0 Å². The van der Waals surface area contributed by atoms with E-state index in [4.69, 9.17) is 0 Å². The molecule has 0 saturated heterocycles. The van der Waals surface area contributed by atoms with Gasteiger partial charge in [0.05, 0.1) is 0 Å². The molecule has 0 N–H and O–H groups in total. The molecule has 2 heteroatoms. The summed E-state index contributed by atoms with van der Waals surface area (Å²) in [5, 5.41) is 1.00. The molecule has 0 bridgehead atoms. The van der Waals surface area contributed by atoms with Crippen LogP contribution in [0.3, 0.4) is 0 Å². The van der Waals surface area contributed by atoms with Crippen molar-refractivity contribution >= 4 is 17.4 Å². The highest BCUT2D eigenvalue weighted by Crippen LogP contribution is 2.10. The van der Waals surface area contributed by atoms with Crippen LogP contribution in [-0.2, 0) is 0 Å². The number of rotatable bonds is 1. The largest absolute Gasteiger partial charge is 0.245 e. The molecular formula is C6H7NS. The van der Waals surface area contributed by atoms with E-state index in [-0.39, 0.29) is 0 Å². The maximum atomic E-state index is 4.03. The van der Waals surface area contributed by atoms with E-state index in [1.807, 2.05) is 13.1 Å². The maximum Gasteiger partial charge on any atom is 0.115 e. The fraction of sp³-hybridized carbons (Fsp3) is 0.167. The smallest absolute Gasteiger partial charge is 0.115 e. The predicted octanol–water partition coefficient (Wildman–Crippen LogP) is 2.09. The molecule has 1 aromatic rings. The molecule has 0 aliphatic carbocycles. The summed E-state index contributed by atoms with van der Waals surface area (Å²) in [4.78, 5) is 5.27. The monoisotopic (exact) mass is 125 g/mol. The van der Waals surface area contributed by atoms with Crippen molar-refractivity contribution in [1.82, 2.24) is 4.98 Å². The quantitative estimate of drug-likeness (QED) is 0.560. The first-order valence-corrected chi connectivity index (χ1v) is 3.19. The van der Waals surface area contributed by atoms with Crippen LogP contribution < -0.4 is 0 Å². The first-order chi connectivity index (χ1) is 3.83. The molecule has 0 saturated carbocycles. The fourth-order valence-electron chi connectivity index (χ4n) is 0.467. The lowest BCUT2D eigenvalue weighted by molar-refractivity contribution is 1.36. The van der Waals surface area contributed by atoms with Crippen LogP contribution in [0, 0.1) is 6.92 Å². The summed E-state index contributed by atoms with van der Waals surface area (Å²) in [5.74, 6) is 0. The van der Waals surface area contributed by atoms with Gasteiger partial charge in [0.1, 0.15) is 5.01 Å². The molecule has 1 heterocycles. The summed E-state index contributed by atoms with van der Waals surface area (Å²) >= 11 is 1.66. The molecule has 0 unspecified atom stereocenters. The van der Waals surface area contributed by atoms with Gasteiger partial charge in [-0.05, 0) is 13.0 Å². The Labute approximate surface area is 52.7 Å². The minimum atomic E-state index is 1.00. The van der Waals surface area contributed by atoms with Gasteiger partial charge < -0.3 is 0 Å². The zero-order chi connectivity index (χ0) is 5.98. The maximum absolute atomic E-state index is 4.03. The van der Waals surface area contributed by atoms with Crippen molar-refractivity contribution < 1.29 is 0 Å². The Hall–Kier alpha value is -0.630. The van der Waals surface area contributed by atoms with Crippen molar-refractivity contribution in [2.45, 2.75) is 6.92 Å². The molecule has 0 atom stereocenters. The lowest BCUT2D eigenvalue weighted by atomic mass is 10.6. The second-order valence-corrected chi connectivity index (χ2v) is 2.78. The molecule has 0 aromatic carbocycles. The van der Waals surface area contributed by atoms with Gasteiger partial charge in [-0.25, -0.2) is 4.98 Å². The summed E-state index contributed by atoms with van der Waals surface area (Å²) < 4.78 is 0. The van der Waals surface area contributed by atoms with E-state index in [0.29, 0.717) is 0 Å². The fourth-order valence-corrected chi connectivity index (χ4v) is 1.09. The van der Waals surface area contributed by atoms with E-state index in [9.17, 15) is 0 Å². The van der Waals surface area contributed by atoms with Gasteiger partial charge in [0.25, 0.3) is 0 Å². The van der Waals surface area contributed by atoms with E-state index >= 15 is 0 Å². The van der Waals surface area contributed by atoms with E-state index < -0.39 is 0 Å². The number of hydrogen-bond acceptors (Lipinski definition) is 2. The van der Waals surface area contributed by atoms with Crippen LogP contribution in [0.5, 0.6) is 0 Å². The topological polar surface area (TPSA) is 12.9 Å². The van der Waals surface area contributed by atoms with Gasteiger partial charge in [0, 0.05) is 11.1 Å². The molecule has 0 amide bonds. The number of thiazole rings is 1. The molecule has 0 aliphatic rings. The first-order valence-electron chi connectivity index (χ1n) is 2.38. The third-order valence-corrected chi connectivity index (χ3v) is 1.72. The molecule has 8 heavy (non-hydrogen) atoms. The summed E-state index contributed by atoms with van der Waals surface area (Å²) in [5.41, 5.74) is 0. The van der Waals surface area contributed by atoms with Crippen LogP contribution in [-0.4, -0.2) is 4.98 Å². The van der Waals surface area contributed by atoms with Gasteiger partial charge in [-0.15, -0.1) is 11.3 Å². The zero-order valence-corrected chi connectivity index (χ0v) is 5.53. The van der Waals surface area contributed by atoms with Crippen molar-refractivity contribution in [3.8, 4) is 0 Å². The van der Waals surface area contributed by atoms with Crippen LogP contribution >= 0.6 is 11.3 Å². The molecule has 1 nitrogen and oxygen atoms in total. The lowest BCUT2D eigenvalue weighted by Gasteiger charge is -1.72. The molecule has 0 fully saturated rings. The SMILES string of the molecule is C=Cc1ncc(C)s1. The standard InChI is InChI=1S/C6H7NS/c1-3-6-7-4-5(2)8-6/h3-4H,1H2,2H3. The number of nitrogens with zero attached hydrogens (tertiary/aromatic N) is 1. The second kappa shape index (κ2) is 2.09. The Morgan fingerprint density at radius 1 is 1.88 bits per heavy atom. The molecule has 1 rings (SSSR count). The third-order valence-electron chi connectivity index (χ3n) is 0.814. The third kappa shape index (κ3) is 0.954. The summed E-state index contributed by atoms with van der Waals surface area (Å²) in [6.07, 6.45) is 3.61. The average Bonchev–Trinajstić information content (AvgIpc) is 2.14. The minimum absolute atomic E-state index is 1.00. The van der Waals surface area contributed by atoms with E-state index in [1.165, 1.54) is 4.88 Å². The highest BCUT2D eigenvalue weighted by molar-refractivity contribution is 7.12. The first kappa shape index (κ1) is 5.51. The van der Waals surface area contributed by atoms with Crippen molar-refractivity contribution in [3.05, 3.63) is 22.7 Å². The zero-order valence-electron chi connectivity index (χ0n) is 4.72. The Morgan fingerprint density at radius 2 is 2.62 bits per heavy atom. The van der Waals surface area contributed by atoms with Crippen molar-refractivity contribution in [3.63, 3.8) is 0 Å². The van der Waals surface area contributed by atoms with Gasteiger partial charge in [-0.1, -0.05) is 6.58 Å². The molecule has 0 radical (unpaired) electrons. The van der Waals surface area contributed by atoms with Gasteiger partial charge >= 0.3 is 0 Å². The van der Waals surface area contributed by atoms with Gasteiger partial charge in [-0.3, -0.25) is 0 Å². The van der Waals surface area contributed by atoms with Crippen LogP contribution in [0.15, 0.2) is 12.8 Å². The summed E-state index contributed by atoms with van der Waals surface area (Å²) in [6, 6.07) is 0. The molecule has 1 aromatic heterocycles. The molecule has 42 valence electrons. The van der Waals surface area contributed by atoms with E-state index in [1.54, 1.807) is 17.4 Å². The number of aromatic nitrogens is 1. The van der Waals surface area contributed by atoms with Gasteiger partial charge in [-0.2, -0.15) is 0 Å². The second-order valence-electron chi connectivity index (χ2n) is 1.51. The minimum Gasteiger partial charge on any atom is -0.245 e. The normalized spacial score (nSPS) is 9.12. The average molecular weight is 125 g/mol. The number of aryl methyl sites for hydroxylation is 1. The highest BCUT2D eigenvalue weighted by Gasteiger charge is 1.88. The van der Waals surface area contributed by atoms with Crippen molar-refractivity contribution in [2.75, 3.05) is 0 Å². The Morgan fingerprint density at radius 3 is 2.88 bits per heavy atom. The summed E-state index contributed by atoms with van der Waals surface area (Å²) in [7, 11) is 0. The van der Waals surface area contributed by atoms with Crippen molar-refractivity contribution in [2.24, 2.45) is 0 Å².